The topological polar surface area (TPSA) is 0 Å². The Hall–Kier alpha value is 0.530. The van der Waals surface area contributed by atoms with E-state index in [-0.39, 0.29) is 0 Å². The van der Waals surface area contributed by atoms with Gasteiger partial charge in [0.2, 0.25) is 0 Å². The first-order valence-corrected chi connectivity index (χ1v) is 6.92. The van der Waals surface area contributed by atoms with Crippen molar-refractivity contribution in [2.24, 2.45) is 0 Å². The molecule has 0 aliphatic rings. The Kier molecular flexibility index (Phi) is 6.16. The minimum Gasteiger partial charge on any atom is -0.179 e. The highest BCUT2D eigenvalue weighted by molar-refractivity contribution is 9.11. The lowest BCUT2D eigenvalue weighted by Gasteiger charge is -1.97. The van der Waals surface area contributed by atoms with Crippen molar-refractivity contribution in [3.05, 3.63) is 20.8 Å². The van der Waals surface area contributed by atoms with E-state index in [1.165, 1.54) is 40.8 Å². The molecule has 0 saturated heterocycles. The van der Waals surface area contributed by atoms with Gasteiger partial charge in [-0.15, -0.1) is 11.3 Å². The first-order chi connectivity index (χ1) is 6.33. The fourth-order valence-electron chi connectivity index (χ4n) is 1.25. The molecule has 1 aromatic heterocycles. The number of halogens is 1. The third kappa shape index (κ3) is 5.08. The molecule has 1 heterocycles. The standard InChI is InChI=1S/C10H15BrS2/c11-10-7-6-9(13-10)5-3-1-2-4-8-12/h6-7,12H,1-5,8H2. The minimum atomic E-state index is 1.03. The Labute approximate surface area is 98.3 Å². The van der Waals surface area contributed by atoms with Gasteiger partial charge in [-0.1, -0.05) is 12.8 Å². The molecule has 3 heteroatoms. The molecule has 13 heavy (non-hydrogen) atoms. The Morgan fingerprint density at radius 1 is 1.15 bits per heavy atom. The summed E-state index contributed by atoms with van der Waals surface area (Å²) in [5, 5.41) is 0. The predicted octanol–water partition coefficient (Wildman–Crippen LogP) is 4.54. The van der Waals surface area contributed by atoms with Crippen molar-refractivity contribution >= 4 is 39.9 Å². The molecule has 0 unspecified atom stereocenters. The third-order valence-corrected chi connectivity index (χ3v) is 3.96. The van der Waals surface area contributed by atoms with Crippen molar-refractivity contribution in [2.75, 3.05) is 5.75 Å². The van der Waals surface area contributed by atoms with Crippen molar-refractivity contribution in [1.82, 2.24) is 0 Å². The van der Waals surface area contributed by atoms with Crippen LogP contribution in [0.25, 0.3) is 0 Å². The molecule has 0 atom stereocenters. The second-order valence-corrected chi connectivity index (χ2v) is 6.09. The molecular weight excluding hydrogens is 264 g/mol. The number of hydrogen-bond donors (Lipinski definition) is 1. The summed E-state index contributed by atoms with van der Waals surface area (Å²) in [7, 11) is 0. The monoisotopic (exact) mass is 278 g/mol. The highest BCUT2D eigenvalue weighted by Crippen LogP contribution is 2.23. The van der Waals surface area contributed by atoms with E-state index >= 15 is 0 Å². The third-order valence-electron chi connectivity index (χ3n) is 1.96. The smallest absolute Gasteiger partial charge is 0.0701 e. The second kappa shape index (κ2) is 6.91. The van der Waals surface area contributed by atoms with Crippen molar-refractivity contribution < 1.29 is 0 Å². The quantitative estimate of drug-likeness (QED) is 0.573. The van der Waals surface area contributed by atoms with Gasteiger partial charge in [0, 0.05) is 4.88 Å². The van der Waals surface area contributed by atoms with Crippen LogP contribution in [0.15, 0.2) is 15.9 Å². The summed E-state index contributed by atoms with van der Waals surface area (Å²) in [5.41, 5.74) is 0. The van der Waals surface area contributed by atoms with E-state index < -0.39 is 0 Å². The maximum atomic E-state index is 4.19. The van der Waals surface area contributed by atoms with Crippen LogP contribution in [0, 0.1) is 0 Å². The van der Waals surface area contributed by atoms with Gasteiger partial charge in [-0.2, -0.15) is 12.6 Å². The summed E-state index contributed by atoms with van der Waals surface area (Å²) >= 11 is 9.52. The Morgan fingerprint density at radius 2 is 1.92 bits per heavy atom. The highest BCUT2D eigenvalue weighted by Gasteiger charge is 1.97. The summed E-state index contributed by atoms with van der Waals surface area (Å²) in [6.07, 6.45) is 6.49. The second-order valence-electron chi connectivity index (χ2n) is 3.09. The highest BCUT2D eigenvalue weighted by atomic mass is 79.9. The SMILES string of the molecule is SCCCCCCc1ccc(Br)s1. The molecular formula is C10H15BrS2. The number of thiophene rings is 1. The van der Waals surface area contributed by atoms with E-state index in [1.54, 1.807) is 0 Å². The fourth-order valence-corrected chi connectivity index (χ4v) is 3.00. The molecule has 0 aromatic carbocycles. The summed E-state index contributed by atoms with van der Waals surface area (Å²) in [6, 6.07) is 4.35. The van der Waals surface area contributed by atoms with Gasteiger partial charge in [0.15, 0.2) is 0 Å². The van der Waals surface area contributed by atoms with Crippen LogP contribution in [-0.4, -0.2) is 5.75 Å². The molecule has 0 bridgehead atoms. The van der Waals surface area contributed by atoms with E-state index in [0.717, 1.165) is 5.75 Å². The maximum absolute atomic E-state index is 4.19. The van der Waals surface area contributed by atoms with E-state index in [2.05, 4.69) is 40.7 Å². The molecule has 74 valence electrons. The summed E-state index contributed by atoms with van der Waals surface area (Å²) in [4.78, 5) is 1.50. The number of thiol groups is 1. The zero-order chi connectivity index (χ0) is 9.52. The maximum Gasteiger partial charge on any atom is 0.0701 e. The van der Waals surface area contributed by atoms with Crippen molar-refractivity contribution in [2.45, 2.75) is 32.1 Å². The lowest BCUT2D eigenvalue weighted by Crippen LogP contribution is -1.82. The molecule has 0 fully saturated rings. The minimum absolute atomic E-state index is 1.03. The van der Waals surface area contributed by atoms with Gasteiger partial charge in [0.05, 0.1) is 3.79 Å². The molecule has 0 radical (unpaired) electrons. The number of rotatable bonds is 6. The molecule has 1 aromatic rings. The fraction of sp³-hybridized carbons (Fsp3) is 0.600. The zero-order valence-electron chi connectivity index (χ0n) is 7.63. The van der Waals surface area contributed by atoms with E-state index in [4.69, 9.17) is 0 Å². The van der Waals surface area contributed by atoms with Crippen LogP contribution >= 0.6 is 39.9 Å². The molecule has 0 aliphatic carbocycles. The van der Waals surface area contributed by atoms with Crippen molar-refractivity contribution in [1.29, 1.82) is 0 Å². The molecule has 0 nitrogen and oxygen atoms in total. The Balaban J connectivity index is 2.06. The van der Waals surface area contributed by atoms with E-state index in [9.17, 15) is 0 Å². The summed E-state index contributed by atoms with van der Waals surface area (Å²) in [6.45, 7) is 0. The van der Waals surface area contributed by atoms with Crippen LogP contribution in [0.3, 0.4) is 0 Å². The molecule has 0 aliphatic heterocycles. The first kappa shape index (κ1) is 11.6. The molecule has 1 rings (SSSR count). The number of unbranched alkanes of at least 4 members (excludes halogenated alkanes) is 3. The average Bonchev–Trinajstić information content (AvgIpc) is 2.51. The van der Waals surface area contributed by atoms with E-state index in [1.807, 2.05) is 11.3 Å². The Morgan fingerprint density at radius 3 is 2.54 bits per heavy atom. The lowest BCUT2D eigenvalue weighted by atomic mass is 10.1. The van der Waals surface area contributed by atoms with Crippen LogP contribution in [0.1, 0.15) is 30.6 Å². The van der Waals surface area contributed by atoms with Gasteiger partial charge >= 0.3 is 0 Å². The zero-order valence-corrected chi connectivity index (χ0v) is 10.9. The predicted molar refractivity (Wildman–Crippen MR) is 68.0 cm³/mol. The van der Waals surface area contributed by atoms with E-state index in [0.29, 0.717) is 0 Å². The first-order valence-electron chi connectivity index (χ1n) is 4.68. The van der Waals surface area contributed by atoms with Crippen LogP contribution < -0.4 is 0 Å². The van der Waals surface area contributed by atoms with Gasteiger partial charge in [-0.3, -0.25) is 0 Å². The number of hydrogen-bond acceptors (Lipinski definition) is 2. The summed E-state index contributed by atoms with van der Waals surface area (Å²) in [5.74, 6) is 1.03. The van der Waals surface area contributed by atoms with Gasteiger partial charge in [0.25, 0.3) is 0 Å². The van der Waals surface area contributed by atoms with Gasteiger partial charge < -0.3 is 0 Å². The van der Waals surface area contributed by atoms with Crippen LogP contribution in [0.4, 0.5) is 0 Å². The van der Waals surface area contributed by atoms with Crippen molar-refractivity contribution in [3.63, 3.8) is 0 Å². The normalized spacial score (nSPS) is 10.6. The van der Waals surface area contributed by atoms with Gasteiger partial charge in [-0.05, 0) is 53.1 Å². The van der Waals surface area contributed by atoms with Gasteiger partial charge in [0.1, 0.15) is 0 Å². The van der Waals surface area contributed by atoms with Crippen molar-refractivity contribution in [3.8, 4) is 0 Å². The van der Waals surface area contributed by atoms with Crippen LogP contribution in [-0.2, 0) is 6.42 Å². The van der Waals surface area contributed by atoms with Crippen LogP contribution in [0.2, 0.25) is 0 Å². The molecule has 0 amide bonds. The molecule has 0 saturated carbocycles. The Bertz CT molecular complexity index is 233. The largest absolute Gasteiger partial charge is 0.179 e. The molecule has 0 N–H and O–H groups in total. The lowest BCUT2D eigenvalue weighted by molar-refractivity contribution is 0.674. The van der Waals surface area contributed by atoms with Gasteiger partial charge in [-0.25, -0.2) is 0 Å². The van der Waals surface area contributed by atoms with Crippen LogP contribution in [0.5, 0.6) is 0 Å². The average molecular weight is 279 g/mol. The number of aryl methyl sites for hydroxylation is 1. The summed E-state index contributed by atoms with van der Waals surface area (Å²) < 4.78 is 1.25. The molecule has 0 spiro atoms.